The van der Waals surface area contributed by atoms with E-state index in [9.17, 15) is 4.79 Å². The summed E-state index contributed by atoms with van der Waals surface area (Å²) in [7, 11) is 1.70. The summed E-state index contributed by atoms with van der Waals surface area (Å²) in [6.45, 7) is 3.27. The van der Waals surface area contributed by atoms with Gasteiger partial charge < -0.3 is 20.7 Å². The molecule has 0 aromatic carbocycles. The van der Waals surface area contributed by atoms with Crippen molar-refractivity contribution in [2.45, 2.75) is 31.9 Å². The van der Waals surface area contributed by atoms with E-state index in [-0.39, 0.29) is 18.1 Å². The summed E-state index contributed by atoms with van der Waals surface area (Å²) in [4.78, 5) is 21.8. The molecule has 0 bridgehead atoms. The van der Waals surface area contributed by atoms with E-state index in [1.165, 1.54) is 6.33 Å². The summed E-state index contributed by atoms with van der Waals surface area (Å²) < 4.78 is 5.59. The second-order valence-electron chi connectivity index (χ2n) is 6.37. The Labute approximate surface area is 140 Å². The molecule has 0 spiro atoms. The van der Waals surface area contributed by atoms with Crippen LogP contribution in [-0.4, -0.2) is 48.2 Å². The molecule has 0 unspecified atom stereocenters. The van der Waals surface area contributed by atoms with Gasteiger partial charge in [-0.05, 0) is 24.7 Å². The number of amides is 1. The lowest BCUT2D eigenvalue weighted by atomic mass is 9.77. The van der Waals surface area contributed by atoms with E-state index in [2.05, 4.69) is 20.2 Å². The Kier molecular flexibility index (Phi) is 4.59. The number of methoxy groups -OCH3 is 1. The van der Waals surface area contributed by atoms with E-state index >= 15 is 0 Å². The molecule has 126 valence electrons. The molecule has 1 aliphatic heterocycles. The fourth-order valence-electron chi connectivity index (χ4n) is 3.85. The highest BCUT2D eigenvalue weighted by Gasteiger charge is 2.43. The lowest BCUT2D eigenvalue weighted by molar-refractivity contribution is -0.121. The lowest BCUT2D eigenvalue weighted by Gasteiger charge is -2.37. The van der Waals surface area contributed by atoms with Gasteiger partial charge in [0, 0.05) is 27.1 Å². The van der Waals surface area contributed by atoms with E-state index in [1.54, 1.807) is 14.0 Å². The Morgan fingerprint density at radius 2 is 2.09 bits per heavy atom. The molecule has 2 heterocycles. The van der Waals surface area contributed by atoms with Crippen molar-refractivity contribution in [3.63, 3.8) is 0 Å². The fraction of sp³-hybridized carbons (Fsp3) is 0.667. The van der Waals surface area contributed by atoms with Gasteiger partial charge in [0.15, 0.2) is 5.82 Å². The molecule has 2 fully saturated rings. The van der Waals surface area contributed by atoms with Crippen molar-refractivity contribution in [2.75, 3.05) is 30.8 Å². The van der Waals surface area contributed by atoms with Crippen LogP contribution in [0, 0.1) is 11.8 Å². The zero-order valence-electron chi connectivity index (χ0n) is 13.3. The van der Waals surface area contributed by atoms with Crippen LogP contribution in [0.4, 0.5) is 11.6 Å². The minimum Gasteiger partial charge on any atom is -0.382 e. The van der Waals surface area contributed by atoms with Crippen LogP contribution in [0.5, 0.6) is 0 Å². The number of nitrogens with zero attached hydrogens (tertiary/aromatic N) is 3. The number of nitrogen functional groups attached to an aromatic ring is 1. The number of nitrogens with one attached hydrogen (secondary N) is 1. The van der Waals surface area contributed by atoms with Crippen LogP contribution in [0.15, 0.2) is 6.33 Å². The number of hydrogen-bond donors (Lipinski definition) is 2. The van der Waals surface area contributed by atoms with E-state index in [1.807, 2.05) is 0 Å². The zero-order valence-corrected chi connectivity index (χ0v) is 14.1. The molecule has 0 radical (unpaired) electrons. The molecule has 4 atom stereocenters. The van der Waals surface area contributed by atoms with E-state index < -0.39 is 0 Å². The highest BCUT2D eigenvalue weighted by molar-refractivity contribution is 6.35. The first-order chi connectivity index (χ1) is 11.0. The third-order valence-corrected chi connectivity index (χ3v) is 5.27. The van der Waals surface area contributed by atoms with Crippen LogP contribution in [0.3, 0.4) is 0 Å². The van der Waals surface area contributed by atoms with Crippen LogP contribution in [0.25, 0.3) is 0 Å². The van der Waals surface area contributed by atoms with Gasteiger partial charge in [-0.2, -0.15) is 0 Å². The average Bonchev–Trinajstić information content (AvgIpc) is 2.91. The van der Waals surface area contributed by atoms with E-state index in [0.717, 1.165) is 25.9 Å². The monoisotopic (exact) mass is 339 g/mol. The molecular formula is C15H22ClN5O2. The third kappa shape index (κ3) is 3.21. The van der Waals surface area contributed by atoms with Crippen LogP contribution in [0.2, 0.25) is 5.02 Å². The molecule has 1 amide bonds. The maximum absolute atomic E-state index is 11.4. The number of carbonyl (C=O) groups is 1. The number of nitrogens with two attached hydrogens (primary N) is 1. The second-order valence-corrected chi connectivity index (χ2v) is 6.75. The Balaban J connectivity index is 1.75. The molecule has 23 heavy (non-hydrogen) atoms. The fourth-order valence-corrected chi connectivity index (χ4v) is 4.07. The van der Waals surface area contributed by atoms with E-state index in [4.69, 9.17) is 22.1 Å². The molecule has 1 saturated heterocycles. The third-order valence-electron chi connectivity index (χ3n) is 4.91. The van der Waals surface area contributed by atoms with Crippen LogP contribution in [0.1, 0.15) is 19.8 Å². The largest absolute Gasteiger partial charge is 0.382 e. The highest BCUT2D eigenvalue weighted by atomic mass is 35.5. The molecule has 1 aromatic rings. The van der Waals surface area contributed by atoms with Gasteiger partial charge in [-0.1, -0.05) is 11.6 Å². The number of ether oxygens (including phenoxy) is 1. The summed E-state index contributed by atoms with van der Waals surface area (Å²) in [5.74, 6) is 1.95. The van der Waals surface area contributed by atoms with Crippen molar-refractivity contribution in [3.8, 4) is 0 Å². The number of hydrogen-bond acceptors (Lipinski definition) is 6. The summed E-state index contributed by atoms with van der Waals surface area (Å²) in [6.07, 6.45) is 3.31. The second kappa shape index (κ2) is 6.49. The molecule has 3 N–H and O–H groups in total. The first kappa shape index (κ1) is 16.3. The van der Waals surface area contributed by atoms with Crippen molar-refractivity contribution in [1.29, 1.82) is 0 Å². The first-order valence-electron chi connectivity index (χ1n) is 7.80. The summed E-state index contributed by atoms with van der Waals surface area (Å²) in [5, 5.41) is 3.43. The molecule has 7 nitrogen and oxygen atoms in total. The number of anilines is 2. The van der Waals surface area contributed by atoms with Crippen molar-refractivity contribution < 1.29 is 9.53 Å². The predicted molar refractivity (Wildman–Crippen MR) is 88.3 cm³/mol. The van der Waals surface area contributed by atoms with Gasteiger partial charge in [-0.25, -0.2) is 9.97 Å². The highest BCUT2D eigenvalue weighted by Crippen LogP contribution is 2.40. The first-order valence-corrected chi connectivity index (χ1v) is 8.18. The average molecular weight is 340 g/mol. The van der Waals surface area contributed by atoms with Gasteiger partial charge in [0.25, 0.3) is 0 Å². The number of aromatic nitrogens is 2. The lowest BCUT2D eigenvalue weighted by Crippen LogP contribution is -2.49. The molecule has 1 saturated carbocycles. The molecule has 2 aliphatic rings. The van der Waals surface area contributed by atoms with Crippen LogP contribution >= 0.6 is 11.6 Å². The Morgan fingerprint density at radius 1 is 1.39 bits per heavy atom. The molecule has 1 aliphatic carbocycles. The summed E-state index contributed by atoms with van der Waals surface area (Å²) >= 11 is 6.25. The van der Waals surface area contributed by atoms with Gasteiger partial charge in [0.1, 0.15) is 17.2 Å². The van der Waals surface area contributed by atoms with Gasteiger partial charge in [-0.15, -0.1) is 0 Å². The predicted octanol–water partition coefficient (Wildman–Crippen LogP) is 1.08. The summed E-state index contributed by atoms with van der Waals surface area (Å²) in [5.41, 5.74) is 5.78. The quantitative estimate of drug-likeness (QED) is 0.856. The number of halogens is 1. The van der Waals surface area contributed by atoms with E-state index in [0.29, 0.717) is 28.5 Å². The topological polar surface area (TPSA) is 93.4 Å². The van der Waals surface area contributed by atoms with Crippen LogP contribution < -0.4 is 16.0 Å². The smallest absolute Gasteiger partial charge is 0.217 e. The van der Waals surface area contributed by atoms with Gasteiger partial charge in [0.2, 0.25) is 5.91 Å². The summed E-state index contributed by atoms with van der Waals surface area (Å²) in [6, 6.07) is 0.0599. The Hall–Kier alpha value is -1.60. The maximum Gasteiger partial charge on any atom is 0.217 e. The zero-order chi connectivity index (χ0) is 16.6. The minimum absolute atomic E-state index is 0.0167. The van der Waals surface area contributed by atoms with Crippen molar-refractivity contribution in [3.05, 3.63) is 11.3 Å². The Morgan fingerprint density at radius 3 is 2.74 bits per heavy atom. The van der Waals surface area contributed by atoms with Gasteiger partial charge in [0.05, 0.1) is 12.1 Å². The standard InChI is InChI=1S/C15H22ClN5O2/c1-8(22)20-11-3-9-5-21(6-10(9)4-12(11)23-2)15-13(16)14(17)18-7-19-15/h7,9-12H,3-6H2,1-2H3,(H,20,22)(H2,17,18,19)/t9-,10+,11-,12-/m1/s1. The minimum atomic E-state index is -0.0167. The molecule has 3 rings (SSSR count). The molecular weight excluding hydrogens is 318 g/mol. The Bertz CT molecular complexity index is 599. The van der Waals surface area contributed by atoms with Crippen molar-refractivity contribution >= 4 is 29.1 Å². The molecule has 8 heteroatoms. The van der Waals surface area contributed by atoms with Crippen molar-refractivity contribution in [1.82, 2.24) is 15.3 Å². The normalized spacial score (nSPS) is 30.1. The molecule has 1 aromatic heterocycles. The SMILES string of the molecule is CO[C@@H]1C[C@H]2CN(c3ncnc(N)c3Cl)C[C@H]2C[C@H]1NC(C)=O. The van der Waals surface area contributed by atoms with Crippen LogP contribution in [-0.2, 0) is 9.53 Å². The maximum atomic E-state index is 11.4. The number of fused-ring (bicyclic) bond motifs is 1. The number of carbonyl (C=O) groups excluding carboxylic acids is 1. The van der Waals surface area contributed by atoms with Crippen molar-refractivity contribution in [2.24, 2.45) is 11.8 Å². The van der Waals surface area contributed by atoms with Gasteiger partial charge in [-0.3, -0.25) is 4.79 Å². The van der Waals surface area contributed by atoms with Gasteiger partial charge >= 0.3 is 0 Å². The number of rotatable bonds is 3.